The van der Waals surface area contributed by atoms with Gasteiger partial charge in [0.05, 0.1) is 0 Å². The molecule has 2 amide bonds. The predicted molar refractivity (Wildman–Crippen MR) is 95.3 cm³/mol. The van der Waals surface area contributed by atoms with Crippen molar-refractivity contribution in [1.82, 2.24) is 4.90 Å². The summed E-state index contributed by atoms with van der Waals surface area (Å²) in [6, 6.07) is 13.0. The van der Waals surface area contributed by atoms with Crippen LogP contribution in [0.15, 0.2) is 42.5 Å². The van der Waals surface area contributed by atoms with Gasteiger partial charge in [-0.3, -0.25) is 9.59 Å². The van der Waals surface area contributed by atoms with Gasteiger partial charge in [0, 0.05) is 35.8 Å². The highest BCUT2D eigenvalue weighted by Gasteiger charge is 2.19. The molecule has 0 bridgehead atoms. The van der Waals surface area contributed by atoms with Gasteiger partial charge in [0.2, 0.25) is 5.91 Å². The van der Waals surface area contributed by atoms with E-state index in [1.54, 1.807) is 11.0 Å². The molecule has 1 heterocycles. The fraction of sp³-hybridized carbons (Fsp3) is 0.263. The zero-order valence-corrected chi connectivity index (χ0v) is 14.3. The lowest BCUT2D eigenvalue weighted by Gasteiger charge is -2.23. The maximum absolute atomic E-state index is 12.8. The monoisotopic (exact) mass is 342 g/mol. The van der Waals surface area contributed by atoms with Crippen molar-refractivity contribution in [2.75, 3.05) is 11.9 Å². The van der Waals surface area contributed by atoms with Gasteiger partial charge < -0.3 is 10.2 Å². The molecule has 0 unspecified atom stereocenters. The lowest BCUT2D eigenvalue weighted by atomic mass is 10.00. The molecule has 4 nitrogen and oxygen atoms in total. The third-order valence-corrected chi connectivity index (χ3v) is 4.41. The molecule has 0 radical (unpaired) electrons. The van der Waals surface area contributed by atoms with Crippen LogP contribution in [0.2, 0.25) is 5.02 Å². The SMILES string of the molecule is CCN(Cc1cccc(Cl)c1)C(=O)c1ccc2c(c1)CCC(=O)N2. The van der Waals surface area contributed by atoms with E-state index in [2.05, 4.69) is 5.32 Å². The van der Waals surface area contributed by atoms with Gasteiger partial charge in [-0.15, -0.1) is 0 Å². The number of amides is 2. The summed E-state index contributed by atoms with van der Waals surface area (Å²) < 4.78 is 0. The quantitative estimate of drug-likeness (QED) is 0.916. The smallest absolute Gasteiger partial charge is 0.254 e. The van der Waals surface area contributed by atoms with Crippen molar-refractivity contribution in [2.24, 2.45) is 0 Å². The number of hydrogen-bond acceptors (Lipinski definition) is 2. The first kappa shape index (κ1) is 16.5. The van der Waals surface area contributed by atoms with E-state index < -0.39 is 0 Å². The second-order valence-electron chi connectivity index (χ2n) is 5.87. The molecule has 0 aromatic heterocycles. The molecular formula is C19H19ClN2O2. The largest absolute Gasteiger partial charge is 0.335 e. The fourth-order valence-electron chi connectivity index (χ4n) is 2.88. The van der Waals surface area contributed by atoms with Crippen LogP contribution in [0.3, 0.4) is 0 Å². The topological polar surface area (TPSA) is 49.4 Å². The molecule has 2 aromatic carbocycles. The number of hydrogen-bond donors (Lipinski definition) is 1. The second-order valence-corrected chi connectivity index (χ2v) is 6.31. The van der Waals surface area contributed by atoms with Crippen LogP contribution in [0.1, 0.15) is 34.8 Å². The van der Waals surface area contributed by atoms with E-state index in [0.29, 0.717) is 36.5 Å². The molecule has 0 saturated carbocycles. The third kappa shape index (κ3) is 3.60. The first-order valence-corrected chi connectivity index (χ1v) is 8.41. The third-order valence-electron chi connectivity index (χ3n) is 4.18. The fourth-order valence-corrected chi connectivity index (χ4v) is 3.09. The second kappa shape index (κ2) is 7.05. The van der Waals surface area contributed by atoms with Gasteiger partial charge in [0.1, 0.15) is 0 Å². The van der Waals surface area contributed by atoms with Gasteiger partial charge in [-0.25, -0.2) is 0 Å². The molecule has 124 valence electrons. The summed E-state index contributed by atoms with van der Waals surface area (Å²) >= 11 is 6.02. The van der Waals surface area contributed by atoms with Crippen molar-refractivity contribution >= 4 is 29.1 Å². The van der Waals surface area contributed by atoms with Crippen LogP contribution in [-0.2, 0) is 17.8 Å². The van der Waals surface area contributed by atoms with Crippen LogP contribution in [-0.4, -0.2) is 23.3 Å². The van der Waals surface area contributed by atoms with Crippen LogP contribution in [0.5, 0.6) is 0 Å². The van der Waals surface area contributed by atoms with Crippen molar-refractivity contribution in [3.8, 4) is 0 Å². The maximum Gasteiger partial charge on any atom is 0.254 e. The first-order chi connectivity index (χ1) is 11.6. The zero-order chi connectivity index (χ0) is 17.1. The Balaban J connectivity index is 1.80. The molecule has 0 saturated heterocycles. The number of benzene rings is 2. The maximum atomic E-state index is 12.8. The Morgan fingerprint density at radius 1 is 1.21 bits per heavy atom. The van der Waals surface area contributed by atoms with Crippen molar-refractivity contribution in [1.29, 1.82) is 0 Å². The van der Waals surface area contributed by atoms with Gasteiger partial charge in [0.25, 0.3) is 5.91 Å². The van der Waals surface area contributed by atoms with Crippen molar-refractivity contribution in [2.45, 2.75) is 26.3 Å². The minimum Gasteiger partial charge on any atom is -0.335 e. The van der Waals surface area contributed by atoms with Gasteiger partial charge in [-0.1, -0.05) is 23.7 Å². The highest BCUT2D eigenvalue weighted by molar-refractivity contribution is 6.30. The molecule has 0 aliphatic carbocycles. The Hall–Kier alpha value is -2.33. The summed E-state index contributed by atoms with van der Waals surface area (Å²) in [5, 5.41) is 3.50. The van der Waals surface area contributed by atoms with Gasteiger partial charge >= 0.3 is 0 Å². The van der Waals surface area contributed by atoms with E-state index in [0.717, 1.165) is 16.8 Å². The molecule has 1 aliphatic heterocycles. The average molecular weight is 343 g/mol. The number of nitrogens with zero attached hydrogens (tertiary/aromatic N) is 1. The van der Waals surface area contributed by atoms with E-state index >= 15 is 0 Å². The number of halogens is 1. The molecular weight excluding hydrogens is 324 g/mol. The molecule has 1 N–H and O–H groups in total. The standard InChI is InChI=1S/C19H19ClN2O2/c1-2-22(12-13-4-3-5-16(20)10-13)19(24)15-6-8-17-14(11-15)7-9-18(23)21-17/h3-6,8,10-11H,2,7,9,12H2,1H3,(H,21,23). The molecule has 3 rings (SSSR count). The van der Waals surface area contributed by atoms with Crippen molar-refractivity contribution in [3.05, 3.63) is 64.2 Å². The van der Waals surface area contributed by atoms with E-state index in [-0.39, 0.29) is 11.8 Å². The molecule has 5 heteroatoms. The lowest BCUT2D eigenvalue weighted by Crippen LogP contribution is -2.30. The van der Waals surface area contributed by atoms with Gasteiger partial charge in [-0.05, 0) is 54.8 Å². The molecule has 2 aromatic rings. The molecule has 24 heavy (non-hydrogen) atoms. The zero-order valence-electron chi connectivity index (χ0n) is 13.5. The number of carbonyl (C=O) groups excluding carboxylic acids is 2. The van der Waals surface area contributed by atoms with E-state index in [4.69, 9.17) is 11.6 Å². The minimum absolute atomic E-state index is 0.0165. The van der Waals surface area contributed by atoms with Crippen molar-refractivity contribution < 1.29 is 9.59 Å². The molecule has 0 fully saturated rings. The predicted octanol–water partition coefficient (Wildman–Crippen LogP) is 3.89. The number of carbonyl (C=O) groups is 2. The number of anilines is 1. The summed E-state index contributed by atoms with van der Waals surface area (Å²) in [4.78, 5) is 26.0. The summed E-state index contributed by atoms with van der Waals surface area (Å²) in [5.41, 5.74) is 3.47. The highest BCUT2D eigenvalue weighted by atomic mass is 35.5. The minimum atomic E-state index is -0.0165. The number of rotatable bonds is 4. The number of nitrogens with one attached hydrogen (secondary N) is 1. The highest BCUT2D eigenvalue weighted by Crippen LogP contribution is 2.24. The van der Waals surface area contributed by atoms with Crippen LogP contribution >= 0.6 is 11.6 Å². The van der Waals surface area contributed by atoms with Gasteiger partial charge in [-0.2, -0.15) is 0 Å². The molecule has 0 atom stereocenters. The number of aryl methyl sites for hydroxylation is 1. The Morgan fingerprint density at radius 2 is 2.04 bits per heavy atom. The number of fused-ring (bicyclic) bond motifs is 1. The summed E-state index contributed by atoms with van der Waals surface area (Å²) in [6.07, 6.45) is 1.13. The van der Waals surface area contributed by atoms with Crippen LogP contribution < -0.4 is 5.32 Å². The Morgan fingerprint density at radius 3 is 2.79 bits per heavy atom. The average Bonchev–Trinajstić information content (AvgIpc) is 2.58. The summed E-state index contributed by atoms with van der Waals surface area (Å²) in [5.74, 6) is 0.00916. The molecule has 1 aliphatic rings. The van der Waals surface area contributed by atoms with Crippen LogP contribution in [0.25, 0.3) is 0 Å². The summed E-state index contributed by atoms with van der Waals surface area (Å²) in [7, 11) is 0. The van der Waals surface area contributed by atoms with E-state index in [1.807, 2.05) is 43.3 Å². The molecule has 0 spiro atoms. The first-order valence-electron chi connectivity index (χ1n) is 8.03. The van der Waals surface area contributed by atoms with E-state index in [1.165, 1.54) is 0 Å². The van der Waals surface area contributed by atoms with Gasteiger partial charge in [0.15, 0.2) is 0 Å². The van der Waals surface area contributed by atoms with E-state index in [9.17, 15) is 9.59 Å². The Kier molecular flexibility index (Phi) is 4.86. The lowest BCUT2D eigenvalue weighted by molar-refractivity contribution is -0.116. The van der Waals surface area contributed by atoms with Crippen LogP contribution in [0, 0.1) is 0 Å². The normalized spacial score (nSPS) is 13.2. The Labute approximate surface area is 146 Å². The van der Waals surface area contributed by atoms with Crippen LogP contribution in [0.4, 0.5) is 5.69 Å². The Bertz CT molecular complexity index is 789. The van der Waals surface area contributed by atoms with Crippen molar-refractivity contribution in [3.63, 3.8) is 0 Å². The summed E-state index contributed by atoms with van der Waals surface area (Å²) in [6.45, 7) is 3.09.